The first kappa shape index (κ1) is 14.5. The number of ketones is 1. The van der Waals surface area contributed by atoms with Gasteiger partial charge in [0.2, 0.25) is 0 Å². The van der Waals surface area contributed by atoms with E-state index in [1.165, 1.54) is 5.56 Å². The van der Waals surface area contributed by atoms with Gasteiger partial charge in [0.25, 0.3) is 0 Å². The van der Waals surface area contributed by atoms with Crippen LogP contribution in [0.5, 0.6) is 0 Å². The van der Waals surface area contributed by atoms with E-state index in [-0.39, 0.29) is 5.78 Å². The molecule has 20 heavy (non-hydrogen) atoms. The van der Waals surface area contributed by atoms with Gasteiger partial charge in [-0.05, 0) is 25.8 Å². The molecule has 0 fully saturated rings. The minimum atomic E-state index is -0.401. The lowest BCUT2D eigenvalue weighted by molar-refractivity contribution is 0.0487. The Kier molecular flexibility index (Phi) is 5.08. The van der Waals surface area contributed by atoms with Crippen molar-refractivity contribution < 1.29 is 9.53 Å². The highest BCUT2D eigenvalue weighted by molar-refractivity contribution is 5.99. The van der Waals surface area contributed by atoms with Gasteiger partial charge in [-0.25, -0.2) is 0 Å². The van der Waals surface area contributed by atoms with Gasteiger partial charge in [-0.3, -0.25) is 4.79 Å². The molecule has 0 aliphatic rings. The molecule has 0 saturated carbocycles. The maximum Gasteiger partial charge on any atom is 0.191 e. The molecular weight excluding hydrogens is 248 g/mol. The third kappa shape index (κ3) is 4.04. The molecule has 0 radical (unpaired) electrons. The van der Waals surface area contributed by atoms with Gasteiger partial charge in [-0.15, -0.1) is 0 Å². The van der Waals surface area contributed by atoms with Crippen molar-refractivity contribution in [1.82, 2.24) is 0 Å². The van der Waals surface area contributed by atoms with Crippen LogP contribution in [-0.4, -0.2) is 18.5 Å². The molecule has 104 valence electrons. The summed E-state index contributed by atoms with van der Waals surface area (Å²) in [6.45, 7) is 4.38. The van der Waals surface area contributed by atoms with E-state index in [9.17, 15) is 4.79 Å². The summed E-state index contributed by atoms with van der Waals surface area (Å²) in [6, 6.07) is 17.8. The number of Topliss-reactive ketones (excluding diaryl/α,β-unsaturated/α-hetero) is 1. The minimum Gasteiger partial charge on any atom is -0.370 e. The average Bonchev–Trinajstić information content (AvgIpc) is 2.48. The van der Waals surface area contributed by atoms with Crippen LogP contribution >= 0.6 is 0 Å². The number of hydrogen-bond donors (Lipinski definition) is 0. The summed E-state index contributed by atoms with van der Waals surface area (Å²) in [7, 11) is 0. The van der Waals surface area contributed by atoms with Crippen LogP contribution in [0.2, 0.25) is 0 Å². The van der Waals surface area contributed by atoms with Crippen LogP contribution in [0.15, 0.2) is 54.6 Å². The van der Waals surface area contributed by atoms with Crippen molar-refractivity contribution in [2.24, 2.45) is 0 Å². The highest BCUT2D eigenvalue weighted by Crippen LogP contribution is 2.09. The topological polar surface area (TPSA) is 26.3 Å². The molecule has 0 saturated heterocycles. The Morgan fingerprint density at radius 3 is 2.35 bits per heavy atom. The molecule has 1 unspecified atom stereocenters. The molecule has 2 rings (SSSR count). The Bertz CT molecular complexity index is 543. The summed E-state index contributed by atoms with van der Waals surface area (Å²) in [5.41, 5.74) is 3.09. The predicted octanol–water partition coefficient (Wildman–Crippen LogP) is 3.83. The fraction of sp³-hybridized carbons (Fsp3) is 0.278. The van der Waals surface area contributed by atoms with Gasteiger partial charge in [0, 0.05) is 5.56 Å². The molecule has 0 spiro atoms. The fourth-order valence-electron chi connectivity index (χ4n) is 2.03. The Morgan fingerprint density at radius 1 is 1.05 bits per heavy atom. The molecule has 2 aromatic rings. The maximum absolute atomic E-state index is 12.2. The van der Waals surface area contributed by atoms with Gasteiger partial charge in [-0.2, -0.15) is 0 Å². The number of aryl methyl sites for hydroxylation is 1. The SMILES string of the molecule is Cc1ccc(C(=O)C(C)OCCc2ccccc2)cc1. The van der Waals surface area contributed by atoms with Gasteiger partial charge in [0.1, 0.15) is 6.10 Å². The third-order valence-corrected chi connectivity index (χ3v) is 3.31. The molecule has 0 heterocycles. The highest BCUT2D eigenvalue weighted by Gasteiger charge is 2.15. The Morgan fingerprint density at radius 2 is 1.70 bits per heavy atom. The van der Waals surface area contributed by atoms with E-state index in [1.807, 2.05) is 56.3 Å². The van der Waals surface area contributed by atoms with Crippen molar-refractivity contribution in [3.63, 3.8) is 0 Å². The van der Waals surface area contributed by atoms with Crippen LogP contribution < -0.4 is 0 Å². The number of rotatable bonds is 6. The lowest BCUT2D eigenvalue weighted by Gasteiger charge is -2.12. The van der Waals surface area contributed by atoms with Crippen molar-refractivity contribution in [3.05, 3.63) is 71.3 Å². The van der Waals surface area contributed by atoms with Gasteiger partial charge in [-0.1, -0.05) is 60.2 Å². The van der Waals surface area contributed by atoms with Crippen LogP contribution in [0.3, 0.4) is 0 Å². The molecule has 0 aliphatic carbocycles. The monoisotopic (exact) mass is 268 g/mol. The lowest BCUT2D eigenvalue weighted by Crippen LogP contribution is -2.22. The van der Waals surface area contributed by atoms with Crippen molar-refractivity contribution in [3.8, 4) is 0 Å². The molecule has 0 bridgehead atoms. The number of carbonyl (C=O) groups is 1. The zero-order chi connectivity index (χ0) is 14.4. The first-order valence-corrected chi connectivity index (χ1v) is 6.93. The van der Waals surface area contributed by atoms with E-state index in [1.54, 1.807) is 0 Å². The summed E-state index contributed by atoms with van der Waals surface area (Å²) in [4.78, 5) is 12.2. The van der Waals surface area contributed by atoms with Gasteiger partial charge >= 0.3 is 0 Å². The first-order valence-electron chi connectivity index (χ1n) is 6.93. The van der Waals surface area contributed by atoms with E-state index in [0.29, 0.717) is 12.2 Å². The van der Waals surface area contributed by atoms with Crippen LogP contribution in [0.25, 0.3) is 0 Å². The predicted molar refractivity (Wildman–Crippen MR) is 81.1 cm³/mol. The summed E-state index contributed by atoms with van der Waals surface area (Å²) < 4.78 is 5.64. The van der Waals surface area contributed by atoms with E-state index < -0.39 is 6.10 Å². The molecule has 0 aromatic heterocycles. The lowest BCUT2D eigenvalue weighted by atomic mass is 10.1. The fourth-order valence-corrected chi connectivity index (χ4v) is 2.03. The number of benzene rings is 2. The second kappa shape index (κ2) is 7.01. The van der Waals surface area contributed by atoms with Crippen LogP contribution in [0, 0.1) is 6.92 Å². The standard InChI is InChI=1S/C18H20O2/c1-14-8-10-17(11-9-14)18(19)15(2)20-13-12-16-6-4-3-5-7-16/h3-11,15H,12-13H2,1-2H3. The van der Waals surface area contributed by atoms with Crippen LogP contribution in [0.4, 0.5) is 0 Å². The Labute approximate surface area is 120 Å². The maximum atomic E-state index is 12.2. The second-order valence-corrected chi connectivity index (χ2v) is 4.98. The highest BCUT2D eigenvalue weighted by atomic mass is 16.5. The number of carbonyl (C=O) groups excluding carboxylic acids is 1. The molecule has 2 nitrogen and oxygen atoms in total. The van der Waals surface area contributed by atoms with Crippen molar-refractivity contribution in [2.75, 3.05) is 6.61 Å². The molecule has 2 aromatic carbocycles. The zero-order valence-electron chi connectivity index (χ0n) is 12.0. The number of ether oxygens (including phenoxy) is 1. The summed E-state index contributed by atoms with van der Waals surface area (Å²) in [5, 5.41) is 0. The second-order valence-electron chi connectivity index (χ2n) is 4.98. The molecular formula is C18H20O2. The largest absolute Gasteiger partial charge is 0.370 e. The van der Waals surface area contributed by atoms with E-state index >= 15 is 0 Å². The van der Waals surface area contributed by atoms with Crippen molar-refractivity contribution in [1.29, 1.82) is 0 Å². The minimum absolute atomic E-state index is 0.0399. The quantitative estimate of drug-likeness (QED) is 0.744. The van der Waals surface area contributed by atoms with E-state index in [4.69, 9.17) is 4.74 Å². The smallest absolute Gasteiger partial charge is 0.191 e. The van der Waals surface area contributed by atoms with E-state index in [2.05, 4.69) is 12.1 Å². The van der Waals surface area contributed by atoms with E-state index in [0.717, 1.165) is 12.0 Å². The summed E-state index contributed by atoms with van der Waals surface area (Å²) >= 11 is 0. The van der Waals surface area contributed by atoms with Crippen molar-refractivity contribution >= 4 is 5.78 Å². The van der Waals surface area contributed by atoms with Gasteiger partial charge in [0.15, 0.2) is 5.78 Å². The zero-order valence-corrected chi connectivity index (χ0v) is 12.0. The Balaban J connectivity index is 1.84. The molecule has 0 N–H and O–H groups in total. The molecule has 2 heteroatoms. The van der Waals surface area contributed by atoms with Crippen LogP contribution in [-0.2, 0) is 11.2 Å². The third-order valence-electron chi connectivity index (χ3n) is 3.31. The van der Waals surface area contributed by atoms with Gasteiger partial charge < -0.3 is 4.74 Å². The summed E-state index contributed by atoms with van der Waals surface area (Å²) in [6.07, 6.45) is 0.424. The Hall–Kier alpha value is -1.93. The van der Waals surface area contributed by atoms with Gasteiger partial charge in [0.05, 0.1) is 6.61 Å². The molecule has 0 amide bonds. The average molecular weight is 268 g/mol. The van der Waals surface area contributed by atoms with Crippen molar-refractivity contribution in [2.45, 2.75) is 26.4 Å². The first-order chi connectivity index (χ1) is 9.66. The van der Waals surface area contributed by atoms with Crippen LogP contribution in [0.1, 0.15) is 28.4 Å². The summed E-state index contributed by atoms with van der Waals surface area (Å²) in [5.74, 6) is 0.0399. The molecule has 1 atom stereocenters. The normalized spacial score (nSPS) is 12.1. The number of hydrogen-bond acceptors (Lipinski definition) is 2. The molecule has 0 aliphatic heterocycles.